The van der Waals surface area contributed by atoms with Gasteiger partial charge in [-0.05, 0) is 74.2 Å². The first-order chi connectivity index (χ1) is 23.0. The lowest BCUT2D eigenvalue weighted by Crippen LogP contribution is -2.70. The lowest BCUT2D eigenvalue weighted by molar-refractivity contribution is -0.153. The Bertz CT molecular complexity index is 1730. The van der Waals surface area contributed by atoms with Gasteiger partial charge in [0.25, 0.3) is 11.8 Å². The van der Waals surface area contributed by atoms with Gasteiger partial charge in [0.05, 0.1) is 7.11 Å². The minimum atomic E-state index is -0.889. The standard InChI is InChI=1S/C37H37N3O7S/c1-37(2,3)47-36(44)38-29-33(42)40-30(35(43)46-31(23-11-7-5-8-12-23)24-13-9-6-10-14-24)26(22-48-34(29)40)21-25-19-20-39(32(25)41)27-15-17-28(45-4)18-16-27/h5-18,21,29,31,34H,19-20,22H2,1-4H3,(H,38,44)/b25-21+. The molecule has 0 spiro atoms. The summed E-state index contributed by atoms with van der Waals surface area (Å²) in [5.74, 6) is -0.350. The summed E-state index contributed by atoms with van der Waals surface area (Å²) in [7, 11) is 1.58. The number of hydrogen-bond donors (Lipinski definition) is 1. The molecule has 0 bridgehead atoms. The van der Waals surface area contributed by atoms with E-state index in [9.17, 15) is 19.2 Å². The lowest BCUT2D eigenvalue weighted by atomic mass is 10.00. The summed E-state index contributed by atoms with van der Waals surface area (Å²) >= 11 is 1.40. The number of thioether (sulfide) groups is 1. The highest BCUT2D eigenvalue weighted by Gasteiger charge is 2.55. The van der Waals surface area contributed by atoms with Crippen molar-refractivity contribution in [2.75, 3.05) is 24.3 Å². The van der Waals surface area contributed by atoms with Crippen molar-refractivity contribution >= 4 is 41.3 Å². The van der Waals surface area contributed by atoms with Crippen LogP contribution in [0.15, 0.2) is 108 Å². The number of esters is 1. The zero-order chi connectivity index (χ0) is 34.0. The van der Waals surface area contributed by atoms with E-state index in [1.165, 1.54) is 16.7 Å². The number of fused-ring (bicyclic) bond motifs is 1. The second-order valence-electron chi connectivity index (χ2n) is 12.6. The number of ether oxygens (including phenoxy) is 3. The third-order valence-electron chi connectivity index (χ3n) is 8.15. The van der Waals surface area contributed by atoms with Crippen LogP contribution in [0.2, 0.25) is 0 Å². The molecule has 1 N–H and O–H groups in total. The number of anilines is 1. The average Bonchev–Trinajstić information content (AvgIpc) is 3.44. The maximum Gasteiger partial charge on any atom is 0.408 e. The Morgan fingerprint density at radius 2 is 1.56 bits per heavy atom. The van der Waals surface area contributed by atoms with Crippen molar-refractivity contribution in [3.8, 4) is 5.75 Å². The van der Waals surface area contributed by atoms with Gasteiger partial charge in [-0.15, -0.1) is 11.8 Å². The number of amides is 3. The molecule has 2 atom stereocenters. The number of carbonyl (C=O) groups excluding carboxylic acids is 4. The Kier molecular flexibility index (Phi) is 9.32. The Morgan fingerprint density at radius 1 is 0.938 bits per heavy atom. The molecule has 3 aliphatic heterocycles. The average molecular weight is 668 g/mol. The first kappa shape index (κ1) is 32.9. The zero-order valence-electron chi connectivity index (χ0n) is 27.2. The summed E-state index contributed by atoms with van der Waals surface area (Å²) in [5, 5.41) is 2.11. The number of allylic oxidation sites excluding steroid dienone is 1. The first-order valence-corrected chi connectivity index (χ1v) is 16.7. The molecular weight excluding hydrogens is 630 g/mol. The van der Waals surface area contributed by atoms with Crippen LogP contribution in [0.5, 0.6) is 5.75 Å². The molecule has 48 heavy (non-hydrogen) atoms. The number of rotatable bonds is 8. The Morgan fingerprint density at radius 3 is 2.15 bits per heavy atom. The molecule has 3 aliphatic rings. The minimum absolute atomic E-state index is 0.0612. The van der Waals surface area contributed by atoms with E-state index in [4.69, 9.17) is 14.2 Å². The van der Waals surface area contributed by atoms with Gasteiger partial charge in [0.2, 0.25) is 0 Å². The SMILES string of the molecule is COc1ccc(N2CC/C(=C\C3=C(C(=O)OC(c4ccccc4)c4ccccc4)N4C(=O)C(NC(=O)OC(C)(C)C)C4SC3)C2=O)cc1. The van der Waals surface area contributed by atoms with Crippen molar-refractivity contribution in [3.63, 3.8) is 0 Å². The Labute approximate surface area is 283 Å². The molecule has 0 radical (unpaired) electrons. The van der Waals surface area contributed by atoms with Crippen molar-refractivity contribution < 1.29 is 33.4 Å². The number of methoxy groups -OCH3 is 1. The van der Waals surface area contributed by atoms with Gasteiger partial charge in [0.1, 0.15) is 28.5 Å². The van der Waals surface area contributed by atoms with Gasteiger partial charge >= 0.3 is 12.1 Å². The van der Waals surface area contributed by atoms with E-state index in [1.807, 2.05) is 72.8 Å². The second kappa shape index (κ2) is 13.6. The maximum atomic E-state index is 14.3. The van der Waals surface area contributed by atoms with Crippen LogP contribution < -0.4 is 15.0 Å². The number of nitrogens with one attached hydrogen (secondary N) is 1. The monoisotopic (exact) mass is 667 g/mol. The third-order valence-corrected chi connectivity index (χ3v) is 9.45. The van der Waals surface area contributed by atoms with E-state index in [0.29, 0.717) is 35.6 Å². The predicted octanol–water partition coefficient (Wildman–Crippen LogP) is 5.75. The van der Waals surface area contributed by atoms with Gasteiger partial charge in [-0.2, -0.15) is 0 Å². The molecule has 2 fully saturated rings. The van der Waals surface area contributed by atoms with Crippen LogP contribution in [0.4, 0.5) is 10.5 Å². The van der Waals surface area contributed by atoms with Crippen molar-refractivity contribution in [2.45, 2.75) is 50.3 Å². The van der Waals surface area contributed by atoms with Gasteiger partial charge in [-0.1, -0.05) is 60.7 Å². The van der Waals surface area contributed by atoms with Gasteiger partial charge in [-0.3, -0.25) is 14.5 Å². The van der Waals surface area contributed by atoms with Crippen LogP contribution in [0.3, 0.4) is 0 Å². The van der Waals surface area contributed by atoms with Crippen molar-refractivity contribution in [1.82, 2.24) is 10.2 Å². The largest absolute Gasteiger partial charge is 0.497 e. The van der Waals surface area contributed by atoms with Crippen molar-refractivity contribution in [1.29, 1.82) is 0 Å². The molecule has 3 amide bonds. The molecule has 0 aliphatic carbocycles. The van der Waals surface area contributed by atoms with E-state index < -0.39 is 41.1 Å². The summed E-state index contributed by atoms with van der Waals surface area (Å²) in [6, 6.07) is 25.1. The number of nitrogens with zero attached hydrogens (tertiary/aromatic N) is 2. The first-order valence-electron chi connectivity index (χ1n) is 15.7. The maximum absolute atomic E-state index is 14.3. The molecule has 11 heteroatoms. The highest BCUT2D eigenvalue weighted by Crippen LogP contribution is 2.43. The Hall–Kier alpha value is -5.03. The summed E-state index contributed by atoms with van der Waals surface area (Å²) in [4.78, 5) is 57.2. The van der Waals surface area contributed by atoms with Crippen LogP contribution in [-0.2, 0) is 23.9 Å². The fourth-order valence-corrected chi connectivity index (χ4v) is 7.20. The number of carbonyl (C=O) groups is 4. The van der Waals surface area contributed by atoms with E-state index in [1.54, 1.807) is 51.0 Å². The molecule has 3 heterocycles. The van der Waals surface area contributed by atoms with Crippen LogP contribution in [-0.4, -0.2) is 65.2 Å². The molecule has 2 unspecified atom stereocenters. The number of benzene rings is 3. The van der Waals surface area contributed by atoms with Crippen molar-refractivity contribution in [3.05, 3.63) is 119 Å². The van der Waals surface area contributed by atoms with E-state index in [0.717, 1.165) is 16.8 Å². The molecule has 10 nitrogen and oxygen atoms in total. The fraction of sp³-hybridized carbons (Fsp3) is 0.297. The number of β-lactam (4-membered cyclic amide) rings is 1. The Balaban J connectivity index is 1.33. The molecule has 0 saturated carbocycles. The van der Waals surface area contributed by atoms with Crippen LogP contribution >= 0.6 is 11.8 Å². The second-order valence-corrected chi connectivity index (χ2v) is 13.7. The molecule has 248 valence electrons. The minimum Gasteiger partial charge on any atom is -0.497 e. The number of alkyl carbamates (subject to hydrolysis) is 1. The highest BCUT2D eigenvalue weighted by atomic mass is 32.2. The topological polar surface area (TPSA) is 114 Å². The summed E-state index contributed by atoms with van der Waals surface area (Å²) in [6.45, 7) is 5.69. The molecule has 6 rings (SSSR count). The summed E-state index contributed by atoms with van der Waals surface area (Å²) in [5.41, 5.74) is 2.60. The van der Waals surface area contributed by atoms with Gasteiger partial charge in [-0.25, -0.2) is 9.59 Å². The van der Waals surface area contributed by atoms with Crippen LogP contribution in [0, 0.1) is 0 Å². The van der Waals surface area contributed by atoms with Gasteiger partial charge in [0, 0.05) is 23.6 Å². The summed E-state index contributed by atoms with van der Waals surface area (Å²) in [6.07, 6.45) is 0.705. The lowest BCUT2D eigenvalue weighted by Gasteiger charge is -2.49. The van der Waals surface area contributed by atoms with E-state index >= 15 is 0 Å². The quantitative estimate of drug-likeness (QED) is 0.184. The normalized spacial score (nSPS) is 20.1. The van der Waals surface area contributed by atoms with E-state index in [-0.39, 0.29) is 11.6 Å². The van der Waals surface area contributed by atoms with Crippen molar-refractivity contribution in [2.24, 2.45) is 0 Å². The third kappa shape index (κ3) is 6.82. The van der Waals surface area contributed by atoms with Gasteiger partial charge in [0.15, 0.2) is 6.10 Å². The van der Waals surface area contributed by atoms with Gasteiger partial charge < -0.3 is 24.4 Å². The molecule has 3 aromatic rings. The molecule has 0 aromatic heterocycles. The molecule has 3 aromatic carbocycles. The molecule has 2 saturated heterocycles. The predicted molar refractivity (Wildman–Crippen MR) is 182 cm³/mol. The van der Waals surface area contributed by atoms with E-state index in [2.05, 4.69) is 5.32 Å². The number of hydrogen-bond acceptors (Lipinski definition) is 8. The fourth-order valence-electron chi connectivity index (χ4n) is 5.89. The highest BCUT2D eigenvalue weighted by molar-refractivity contribution is 8.00. The molecular formula is C37H37N3O7S. The van der Waals surface area contributed by atoms with Crippen LogP contribution in [0.25, 0.3) is 0 Å². The zero-order valence-corrected chi connectivity index (χ0v) is 28.0. The summed E-state index contributed by atoms with van der Waals surface area (Å²) < 4.78 is 16.9. The van der Waals surface area contributed by atoms with Crippen LogP contribution in [0.1, 0.15) is 44.4 Å². The smallest absolute Gasteiger partial charge is 0.408 e.